The van der Waals surface area contributed by atoms with Crippen molar-refractivity contribution in [2.75, 3.05) is 9.13 Å². The van der Waals surface area contributed by atoms with Crippen molar-refractivity contribution in [3.63, 3.8) is 0 Å². The molecule has 0 N–H and O–H groups in total. The summed E-state index contributed by atoms with van der Waals surface area (Å²) in [5.74, 6) is 0. The third kappa shape index (κ3) is 4.10. The number of hydrogen-bond donors (Lipinski definition) is 0. The van der Waals surface area contributed by atoms with E-state index in [9.17, 15) is 0 Å². The molecular weight excluding hydrogens is 585 g/mol. The fourth-order valence-corrected chi connectivity index (χ4v) is 13.2. The van der Waals surface area contributed by atoms with Gasteiger partial charge in [0.05, 0.1) is 11.4 Å². The molecule has 3 heteroatoms. The van der Waals surface area contributed by atoms with E-state index in [4.69, 9.17) is 0 Å². The van der Waals surface area contributed by atoms with Crippen LogP contribution in [0.15, 0.2) is 170 Å². The highest BCUT2D eigenvalue weighted by Gasteiger charge is 2.61. The van der Waals surface area contributed by atoms with E-state index in [1.54, 1.807) is 0 Å². The lowest BCUT2D eigenvalue weighted by Crippen LogP contribution is -2.73. The van der Waals surface area contributed by atoms with Crippen LogP contribution >= 0.6 is 0 Å². The fourth-order valence-electron chi connectivity index (χ4n) is 7.78. The van der Waals surface area contributed by atoms with Gasteiger partial charge in [-0.15, -0.1) is 0 Å². The van der Waals surface area contributed by atoms with Crippen LogP contribution in [0.3, 0.4) is 0 Å². The second kappa shape index (κ2) is 10.7. The van der Waals surface area contributed by atoms with Crippen molar-refractivity contribution < 1.29 is 0 Å². The maximum Gasteiger partial charge on any atom is 0.341 e. The van der Waals surface area contributed by atoms with Crippen LogP contribution in [0.5, 0.6) is 0 Å². The second-order valence-electron chi connectivity index (χ2n) is 12.7. The normalized spacial score (nSPS) is 13.8. The Morgan fingerprint density at radius 2 is 0.702 bits per heavy atom. The van der Waals surface area contributed by atoms with Gasteiger partial charge >= 0.3 is 8.40 Å². The minimum atomic E-state index is -2.93. The number of anilines is 4. The monoisotopic (exact) mass is 618 g/mol. The van der Waals surface area contributed by atoms with Gasteiger partial charge in [-0.25, -0.2) is 0 Å². The highest BCUT2D eigenvalue weighted by atomic mass is 28.3. The Labute approximate surface area is 278 Å². The number of benzene rings is 7. The predicted octanol–water partition coefficient (Wildman–Crippen LogP) is 10.2. The van der Waals surface area contributed by atoms with Crippen LogP contribution in [0.4, 0.5) is 22.7 Å². The zero-order valence-electron chi connectivity index (χ0n) is 26.6. The molecule has 7 aromatic rings. The SMILES string of the molecule is Cc1cc2c(cc1C)N(c1ccc(-c3ccccc3)cc1)[Si]1(c3ccccc3-c3ccccc31)N2c1ccc(-c2ccccc2)cc1. The first-order valence-electron chi connectivity index (χ1n) is 16.4. The van der Waals surface area contributed by atoms with Gasteiger partial charge in [0.2, 0.25) is 0 Å². The molecule has 9 rings (SSSR count). The Bertz CT molecular complexity index is 2100. The van der Waals surface area contributed by atoms with E-state index in [0.29, 0.717) is 0 Å². The maximum absolute atomic E-state index is 2.93. The predicted molar refractivity (Wildman–Crippen MR) is 201 cm³/mol. The van der Waals surface area contributed by atoms with Crippen LogP contribution in [0.1, 0.15) is 11.1 Å². The molecule has 0 atom stereocenters. The Morgan fingerprint density at radius 3 is 1.11 bits per heavy atom. The Hall–Kier alpha value is -5.64. The smallest absolute Gasteiger partial charge is 0.341 e. The van der Waals surface area contributed by atoms with Gasteiger partial charge in [-0.1, -0.05) is 133 Å². The molecule has 0 bridgehead atoms. The van der Waals surface area contributed by atoms with Crippen LogP contribution in [-0.2, 0) is 0 Å². The van der Waals surface area contributed by atoms with Crippen molar-refractivity contribution in [1.82, 2.24) is 0 Å². The fraction of sp³-hybridized carbons (Fsp3) is 0.0455. The minimum absolute atomic E-state index is 1.22. The van der Waals surface area contributed by atoms with Crippen LogP contribution < -0.4 is 19.5 Å². The Kier molecular flexibility index (Phi) is 6.31. The van der Waals surface area contributed by atoms with Gasteiger partial charge in [0.15, 0.2) is 0 Å². The molecule has 0 unspecified atom stereocenters. The molecular formula is C44H34N2Si. The average molecular weight is 619 g/mol. The lowest BCUT2D eigenvalue weighted by atomic mass is 10.0. The molecule has 1 spiro atoms. The standard InChI is InChI=1S/C44H34N2Si/c1-31-29-41-42(30-32(31)2)46(38-27-23-36(24-28-38)34-15-7-4-8-16-34)47(43-19-11-9-17-39(43)40-18-10-12-20-44(40)47)45(41)37-25-21-35(22-26-37)33-13-5-3-6-14-33/h3-30H,1-2H3. The number of nitrogens with zero attached hydrogens (tertiary/aromatic N) is 2. The number of hydrogen-bond acceptors (Lipinski definition) is 2. The molecule has 0 amide bonds. The topological polar surface area (TPSA) is 6.48 Å². The third-order valence-corrected chi connectivity index (χ3v) is 14.7. The molecule has 2 aliphatic heterocycles. The number of aryl methyl sites for hydroxylation is 2. The van der Waals surface area contributed by atoms with Gasteiger partial charge in [0, 0.05) is 11.4 Å². The van der Waals surface area contributed by atoms with Gasteiger partial charge in [0.1, 0.15) is 0 Å². The molecule has 2 aliphatic rings. The summed E-state index contributed by atoms with van der Waals surface area (Å²) in [4.78, 5) is 0. The molecule has 2 heterocycles. The van der Waals surface area contributed by atoms with E-state index in [1.807, 2.05) is 0 Å². The summed E-state index contributed by atoms with van der Waals surface area (Å²) in [6.45, 7) is 4.49. The summed E-state index contributed by atoms with van der Waals surface area (Å²) in [5.41, 5.74) is 15.2. The van der Waals surface area contributed by atoms with Crippen molar-refractivity contribution >= 4 is 41.5 Å². The number of fused-ring (bicyclic) bond motifs is 6. The lowest BCUT2D eigenvalue weighted by Gasteiger charge is -2.42. The summed E-state index contributed by atoms with van der Waals surface area (Å²) in [6, 6.07) is 63.0. The highest BCUT2D eigenvalue weighted by molar-refractivity contribution is 7.12. The van der Waals surface area contributed by atoms with Crippen molar-refractivity contribution in [2.24, 2.45) is 0 Å². The summed E-state index contributed by atoms with van der Waals surface area (Å²) in [6.07, 6.45) is 0. The zero-order chi connectivity index (χ0) is 31.5. The van der Waals surface area contributed by atoms with Gasteiger partial charge in [0.25, 0.3) is 0 Å². The quantitative estimate of drug-likeness (QED) is 0.181. The van der Waals surface area contributed by atoms with Crippen LogP contribution in [0.25, 0.3) is 33.4 Å². The molecule has 224 valence electrons. The van der Waals surface area contributed by atoms with E-state index < -0.39 is 8.40 Å². The van der Waals surface area contributed by atoms with Crippen LogP contribution in [0.2, 0.25) is 0 Å². The molecule has 0 radical (unpaired) electrons. The summed E-state index contributed by atoms with van der Waals surface area (Å²) >= 11 is 0. The van der Waals surface area contributed by atoms with Gasteiger partial charge in [-0.2, -0.15) is 0 Å². The minimum Gasteiger partial charge on any atom is -0.341 e. The molecule has 47 heavy (non-hydrogen) atoms. The van der Waals surface area contributed by atoms with E-state index in [0.717, 1.165) is 0 Å². The molecule has 0 saturated carbocycles. The first-order chi connectivity index (χ1) is 23.1. The molecule has 7 aromatic carbocycles. The second-order valence-corrected chi connectivity index (χ2v) is 16.0. The summed E-state index contributed by atoms with van der Waals surface area (Å²) < 4.78 is 5.47. The first kappa shape index (κ1) is 27.6. The first-order valence-corrected chi connectivity index (χ1v) is 18.3. The zero-order valence-corrected chi connectivity index (χ0v) is 27.6. The molecule has 2 nitrogen and oxygen atoms in total. The highest BCUT2D eigenvalue weighted by Crippen LogP contribution is 2.54. The van der Waals surface area contributed by atoms with Crippen molar-refractivity contribution in [2.45, 2.75) is 13.8 Å². The molecule has 0 aliphatic carbocycles. The molecule has 0 fully saturated rings. The third-order valence-electron chi connectivity index (χ3n) is 10.1. The van der Waals surface area contributed by atoms with Gasteiger partial charge < -0.3 is 9.13 Å². The van der Waals surface area contributed by atoms with Gasteiger partial charge in [-0.3, -0.25) is 0 Å². The van der Waals surface area contributed by atoms with E-state index in [-0.39, 0.29) is 0 Å². The van der Waals surface area contributed by atoms with Crippen molar-refractivity contribution in [3.05, 3.63) is 181 Å². The molecule has 0 saturated heterocycles. The Morgan fingerprint density at radius 1 is 0.362 bits per heavy atom. The molecule has 0 aromatic heterocycles. The lowest BCUT2D eigenvalue weighted by molar-refractivity contribution is 1.31. The van der Waals surface area contributed by atoms with Crippen molar-refractivity contribution in [3.8, 4) is 33.4 Å². The van der Waals surface area contributed by atoms with E-state index in [2.05, 4.69) is 193 Å². The van der Waals surface area contributed by atoms with Gasteiger partial charge in [-0.05, 0) is 105 Å². The summed E-state index contributed by atoms with van der Waals surface area (Å²) in [7, 11) is -2.93. The van der Waals surface area contributed by atoms with E-state index in [1.165, 1.54) is 77.6 Å². The average Bonchev–Trinajstić information content (AvgIpc) is 3.59. The largest absolute Gasteiger partial charge is 0.341 e. The van der Waals surface area contributed by atoms with Crippen LogP contribution in [0, 0.1) is 13.8 Å². The van der Waals surface area contributed by atoms with E-state index >= 15 is 0 Å². The van der Waals surface area contributed by atoms with Crippen LogP contribution in [-0.4, -0.2) is 8.40 Å². The summed E-state index contributed by atoms with van der Waals surface area (Å²) in [5, 5.41) is 2.85. The number of rotatable bonds is 4. The Balaban J connectivity index is 1.33. The maximum atomic E-state index is 2.74. The van der Waals surface area contributed by atoms with Crippen molar-refractivity contribution in [1.29, 1.82) is 0 Å².